The highest BCUT2D eigenvalue weighted by atomic mass is 35.5. The first kappa shape index (κ1) is 15.0. The molecule has 2 aromatic rings. The number of halogens is 2. The highest BCUT2D eigenvalue weighted by Gasteiger charge is 2.16. The van der Waals surface area contributed by atoms with E-state index in [-0.39, 0.29) is 16.3 Å². The number of nitrogens with one attached hydrogen (secondary N) is 1. The molecule has 4 nitrogen and oxygen atoms in total. The van der Waals surface area contributed by atoms with Gasteiger partial charge in [-0.15, -0.1) is 0 Å². The van der Waals surface area contributed by atoms with Crippen LogP contribution in [-0.4, -0.2) is 11.5 Å². The van der Waals surface area contributed by atoms with Crippen LogP contribution in [0, 0.1) is 11.3 Å². The monoisotopic (exact) mass is 317 g/mol. The van der Waals surface area contributed by atoms with Gasteiger partial charge in [-0.3, -0.25) is 10.2 Å². The van der Waals surface area contributed by atoms with Crippen molar-refractivity contribution in [3.63, 3.8) is 0 Å². The molecule has 0 bridgehead atoms. The molecule has 0 atom stereocenters. The first-order valence-corrected chi connectivity index (χ1v) is 6.66. The van der Waals surface area contributed by atoms with Crippen molar-refractivity contribution in [1.29, 1.82) is 5.26 Å². The molecule has 0 aliphatic carbocycles. The molecule has 104 valence electrons. The Bertz CT molecular complexity index is 751. The van der Waals surface area contributed by atoms with Gasteiger partial charge in [0.15, 0.2) is 0 Å². The summed E-state index contributed by atoms with van der Waals surface area (Å²) in [5.41, 5.74) is 3.02. The molecular formula is C15H9Cl2N3O. The van der Waals surface area contributed by atoms with E-state index in [0.29, 0.717) is 10.7 Å². The maximum absolute atomic E-state index is 12.2. The molecule has 0 spiro atoms. The fourth-order valence-electron chi connectivity index (χ4n) is 1.57. The smallest absolute Gasteiger partial charge is 0.225 e. The van der Waals surface area contributed by atoms with Crippen molar-refractivity contribution in [3.05, 3.63) is 64.1 Å². The van der Waals surface area contributed by atoms with Crippen LogP contribution in [0.5, 0.6) is 0 Å². The summed E-state index contributed by atoms with van der Waals surface area (Å²) in [6.07, 6.45) is 0. The van der Waals surface area contributed by atoms with E-state index in [0.717, 1.165) is 0 Å². The van der Waals surface area contributed by atoms with Gasteiger partial charge in [0.05, 0.1) is 15.7 Å². The predicted molar refractivity (Wildman–Crippen MR) is 83.9 cm³/mol. The number of hydrazone groups is 1. The lowest BCUT2D eigenvalue weighted by molar-refractivity contribution is 0.106. The van der Waals surface area contributed by atoms with Crippen LogP contribution in [-0.2, 0) is 0 Å². The van der Waals surface area contributed by atoms with Crippen LogP contribution in [0.4, 0.5) is 5.69 Å². The number of Topliss-reactive ketones (excluding diaryl/α,β-unsaturated/α-hetero) is 1. The van der Waals surface area contributed by atoms with Crippen LogP contribution in [0.1, 0.15) is 10.4 Å². The molecule has 2 rings (SSSR count). The number of rotatable bonds is 4. The predicted octanol–water partition coefficient (Wildman–Crippen LogP) is 4.17. The lowest BCUT2D eigenvalue weighted by Crippen LogP contribution is -2.14. The van der Waals surface area contributed by atoms with Crippen molar-refractivity contribution in [3.8, 4) is 6.07 Å². The van der Waals surface area contributed by atoms with Gasteiger partial charge in [-0.2, -0.15) is 10.4 Å². The Morgan fingerprint density at radius 2 is 1.67 bits per heavy atom. The highest BCUT2D eigenvalue weighted by molar-refractivity contribution is 6.53. The first-order chi connectivity index (χ1) is 10.1. The van der Waals surface area contributed by atoms with Crippen molar-refractivity contribution in [2.75, 3.05) is 5.43 Å². The Balaban J connectivity index is 2.26. The summed E-state index contributed by atoms with van der Waals surface area (Å²) in [5.74, 6) is -0.553. The average Bonchev–Trinajstić information content (AvgIpc) is 2.50. The minimum atomic E-state index is -0.553. The van der Waals surface area contributed by atoms with Gasteiger partial charge in [-0.1, -0.05) is 47.5 Å². The Labute approximate surface area is 131 Å². The number of para-hydroxylation sites is 1. The lowest BCUT2D eigenvalue weighted by Gasteiger charge is -2.04. The van der Waals surface area contributed by atoms with Crippen LogP contribution < -0.4 is 5.43 Å². The third-order valence-electron chi connectivity index (χ3n) is 2.60. The van der Waals surface area contributed by atoms with Crippen LogP contribution in [0.3, 0.4) is 0 Å². The maximum atomic E-state index is 12.2. The van der Waals surface area contributed by atoms with Crippen molar-refractivity contribution < 1.29 is 4.79 Å². The zero-order valence-electron chi connectivity index (χ0n) is 10.7. The van der Waals surface area contributed by atoms with E-state index in [1.165, 1.54) is 6.07 Å². The van der Waals surface area contributed by atoms with Crippen LogP contribution in [0.15, 0.2) is 53.6 Å². The van der Waals surface area contributed by atoms with E-state index < -0.39 is 5.78 Å². The molecule has 0 aliphatic rings. The molecule has 0 amide bonds. The summed E-state index contributed by atoms with van der Waals surface area (Å²) in [5, 5.41) is 13.6. The SMILES string of the molecule is N#C/C(=N\Nc1ccccc1Cl)C(=O)c1ccccc1Cl. The van der Waals surface area contributed by atoms with E-state index in [1.54, 1.807) is 48.5 Å². The van der Waals surface area contributed by atoms with Crippen molar-refractivity contribution >= 4 is 40.4 Å². The average molecular weight is 318 g/mol. The number of anilines is 1. The molecule has 0 heterocycles. The number of nitrogens with zero attached hydrogens (tertiary/aromatic N) is 2. The van der Waals surface area contributed by atoms with E-state index in [4.69, 9.17) is 28.5 Å². The molecule has 0 saturated carbocycles. The lowest BCUT2D eigenvalue weighted by atomic mass is 10.1. The number of carbonyl (C=O) groups excluding carboxylic acids is 1. The molecule has 0 saturated heterocycles. The van der Waals surface area contributed by atoms with Crippen molar-refractivity contribution in [2.45, 2.75) is 0 Å². The summed E-state index contributed by atoms with van der Waals surface area (Å²) in [4.78, 5) is 12.2. The number of carbonyl (C=O) groups is 1. The minimum absolute atomic E-state index is 0.223. The zero-order chi connectivity index (χ0) is 15.2. The molecule has 1 N–H and O–H groups in total. The molecule has 0 unspecified atom stereocenters. The summed E-state index contributed by atoms with van der Waals surface area (Å²) in [6, 6.07) is 15.1. The highest BCUT2D eigenvalue weighted by Crippen LogP contribution is 2.20. The second-order valence-corrected chi connectivity index (χ2v) is 4.79. The zero-order valence-corrected chi connectivity index (χ0v) is 12.2. The van der Waals surface area contributed by atoms with Crippen molar-refractivity contribution in [1.82, 2.24) is 0 Å². The van der Waals surface area contributed by atoms with E-state index >= 15 is 0 Å². The van der Waals surface area contributed by atoms with E-state index in [1.807, 2.05) is 0 Å². The van der Waals surface area contributed by atoms with Gasteiger partial charge in [0.2, 0.25) is 11.5 Å². The quantitative estimate of drug-likeness (QED) is 0.523. The normalized spacial score (nSPS) is 10.8. The molecule has 0 aliphatic heterocycles. The number of hydrogen-bond acceptors (Lipinski definition) is 4. The van der Waals surface area contributed by atoms with Crippen molar-refractivity contribution in [2.24, 2.45) is 5.10 Å². The second kappa shape index (κ2) is 6.89. The number of benzene rings is 2. The van der Waals surface area contributed by atoms with Gasteiger partial charge >= 0.3 is 0 Å². The molecule has 0 aromatic heterocycles. The van der Waals surface area contributed by atoms with Gasteiger partial charge < -0.3 is 0 Å². The fraction of sp³-hybridized carbons (Fsp3) is 0. The Morgan fingerprint density at radius 1 is 1.05 bits per heavy atom. The molecular weight excluding hydrogens is 309 g/mol. The summed E-state index contributed by atoms with van der Waals surface area (Å²) >= 11 is 11.9. The number of ketones is 1. The maximum Gasteiger partial charge on any atom is 0.225 e. The third kappa shape index (κ3) is 3.60. The molecule has 0 fully saturated rings. The third-order valence-corrected chi connectivity index (χ3v) is 3.26. The van der Waals surface area contributed by atoms with Gasteiger partial charge in [-0.25, -0.2) is 0 Å². The Kier molecular flexibility index (Phi) is 4.94. The van der Waals surface area contributed by atoms with E-state index in [9.17, 15) is 4.79 Å². The number of nitriles is 1. The van der Waals surface area contributed by atoms with Gasteiger partial charge in [-0.05, 0) is 24.3 Å². The van der Waals surface area contributed by atoms with Gasteiger partial charge in [0.1, 0.15) is 6.07 Å². The van der Waals surface area contributed by atoms with Crippen LogP contribution in [0.2, 0.25) is 10.0 Å². The van der Waals surface area contributed by atoms with E-state index in [2.05, 4.69) is 10.5 Å². The molecule has 2 aromatic carbocycles. The summed E-state index contributed by atoms with van der Waals surface area (Å²) in [7, 11) is 0. The second-order valence-electron chi connectivity index (χ2n) is 3.97. The number of hydrogen-bond donors (Lipinski definition) is 1. The van der Waals surface area contributed by atoms with Crippen LogP contribution in [0.25, 0.3) is 0 Å². The first-order valence-electron chi connectivity index (χ1n) is 5.91. The Hall–Kier alpha value is -2.35. The summed E-state index contributed by atoms with van der Waals surface area (Å²) in [6.45, 7) is 0. The van der Waals surface area contributed by atoms with Crippen LogP contribution >= 0.6 is 23.2 Å². The molecule has 6 heteroatoms. The fourth-order valence-corrected chi connectivity index (χ4v) is 1.97. The van der Waals surface area contributed by atoms with Gasteiger partial charge in [0, 0.05) is 5.56 Å². The molecule has 21 heavy (non-hydrogen) atoms. The standard InChI is InChI=1S/C15H9Cl2N3O/c16-11-6-2-1-5-10(11)15(21)14(9-18)20-19-13-8-4-3-7-12(13)17/h1-8,19H/b20-14+. The Morgan fingerprint density at radius 3 is 2.29 bits per heavy atom. The summed E-state index contributed by atoms with van der Waals surface area (Å²) < 4.78 is 0. The molecule has 0 radical (unpaired) electrons. The minimum Gasteiger partial charge on any atom is -0.286 e. The topological polar surface area (TPSA) is 65.2 Å². The van der Waals surface area contributed by atoms with Gasteiger partial charge in [0.25, 0.3) is 0 Å². The largest absolute Gasteiger partial charge is 0.286 e.